The molecule has 2 nitrogen and oxygen atoms in total. The molecule has 1 fully saturated rings. The van der Waals surface area contributed by atoms with Crippen LogP contribution in [0.15, 0.2) is 24.3 Å². The molecule has 1 aromatic rings. The molecule has 0 aliphatic carbocycles. The minimum Gasteiger partial charge on any atom is -0.393 e. The number of piperidine rings is 1. The van der Waals surface area contributed by atoms with Crippen molar-refractivity contribution < 1.29 is 5.11 Å². The maximum absolute atomic E-state index is 9.59. The first-order chi connectivity index (χ1) is 6.77. The predicted octanol–water partition coefficient (Wildman–Crippen LogP) is 2.20. The third-order valence-corrected chi connectivity index (χ3v) is 2.94. The standard InChI is InChI=1S/C12H17NO.ClH/c1-9-4-2-3-5-11(9)12-8-10(14)6-7-13-12;/h2-5,10,12-14H,6-8H2,1H3;1H. The van der Waals surface area contributed by atoms with Crippen molar-refractivity contribution in [2.45, 2.75) is 31.9 Å². The van der Waals surface area contributed by atoms with E-state index in [2.05, 4.69) is 36.5 Å². The Bertz CT molecular complexity index is 316. The quantitative estimate of drug-likeness (QED) is 0.771. The molecule has 0 radical (unpaired) electrons. The van der Waals surface area contributed by atoms with E-state index in [9.17, 15) is 5.11 Å². The molecule has 1 aliphatic rings. The van der Waals surface area contributed by atoms with Crippen molar-refractivity contribution in [2.75, 3.05) is 6.54 Å². The molecule has 2 rings (SSSR count). The number of benzene rings is 1. The SMILES string of the molecule is Cc1ccccc1C1CC(O)CCN1.Cl. The second kappa shape index (κ2) is 5.50. The van der Waals surface area contributed by atoms with Gasteiger partial charge in [-0.3, -0.25) is 0 Å². The Morgan fingerprint density at radius 3 is 2.73 bits per heavy atom. The second-order valence-corrected chi connectivity index (χ2v) is 4.04. The fraction of sp³-hybridized carbons (Fsp3) is 0.500. The van der Waals surface area contributed by atoms with Gasteiger partial charge < -0.3 is 10.4 Å². The van der Waals surface area contributed by atoms with Gasteiger partial charge in [-0.15, -0.1) is 12.4 Å². The zero-order chi connectivity index (χ0) is 9.97. The molecule has 84 valence electrons. The molecule has 0 amide bonds. The van der Waals surface area contributed by atoms with Crippen LogP contribution in [-0.4, -0.2) is 17.8 Å². The highest BCUT2D eigenvalue weighted by Crippen LogP contribution is 2.25. The van der Waals surface area contributed by atoms with Gasteiger partial charge in [-0.1, -0.05) is 24.3 Å². The van der Waals surface area contributed by atoms with Crippen LogP contribution < -0.4 is 5.32 Å². The van der Waals surface area contributed by atoms with E-state index in [1.54, 1.807) is 0 Å². The van der Waals surface area contributed by atoms with E-state index in [0.29, 0.717) is 6.04 Å². The van der Waals surface area contributed by atoms with E-state index in [-0.39, 0.29) is 18.5 Å². The van der Waals surface area contributed by atoms with Crippen molar-refractivity contribution in [2.24, 2.45) is 0 Å². The van der Waals surface area contributed by atoms with E-state index in [1.807, 2.05) is 0 Å². The normalized spacial score (nSPS) is 25.7. The van der Waals surface area contributed by atoms with E-state index < -0.39 is 0 Å². The highest BCUT2D eigenvalue weighted by Gasteiger charge is 2.21. The molecule has 1 aliphatic heterocycles. The van der Waals surface area contributed by atoms with E-state index in [0.717, 1.165) is 19.4 Å². The predicted molar refractivity (Wildman–Crippen MR) is 64.4 cm³/mol. The van der Waals surface area contributed by atoms with Crippen LogP contribution in [0.1, 0.15) is 30.0 Å². The van der Waals surface area contributed by atoms with Crippen molar-refractivity contribution in [3.8, 4) is 0 Å². The van der Waals surface area contributed by atoms with Crippen LogP contribution in [0.4, 0.5) is 0 Å². The molecule has 0 spiro atoms. The number of hydrogen-bond donors (Lipinski definition) is 2. The van der Waals surface area contributed by atoms with Crippen LogP contribution in [0.2, 0.25) is 0 Å². The monoisotopic (exact) mass is 227 g/mol. The largest absolute Gasteiger partial charge is 0.393 e. The van der Waals surface area contributed by atoms with Crippen molar-refractivity contribution in [1.82, 2.24) is 5.32 Å². The first-order valence-corrected chi connectivity index (χ1v) is 5.24. The summed E-state index contributed by atoms with van der Waals surface area (Å²) in [7, 11) is 0. The Labute approximate surface area is 97.1 Å². The molecule has 2 atom stereocenters. The summed E-state index contributed by atoms with van der Waals surface area (Å²) in [4.78, 5) is 0. The van der Waals surface area contributed by atoms with Gasteiger partial charge in [0.2, 0.25) is 0 Å². The van der Waals surface area contributed by atoms with Crippen molar-refractivity contribution in [1.29, 1.82) is 0 Å². The smallest absolute Gasteiger partial charge is 0.0570 e. The van der Waals surface area contributed by atoms with Gasteiger partial charge in [-0.05, 0) is 37.4 Å². The van der Waals surface area contributed by atoms with Crippen molar-refractivity contribution in [3.05, 3.63) is 35.4 Å². The maximum atomic E-state index is 9.59. The van der Waals surface area contributed by atoms with Crippen LogP contribution in [0.3, 0.4) is 0 Å². The molecule has 1 saturated heterocycles. The molecule has 0 bridgehead atoms. The Morgan fingerprint density at radius 2 is 2.07 bits per heavy atom. The van der Waals surface area contributed by atoms with Crippen LogP contribution in [-0.2, 0) is 0 Å². The lowest BCUT2D eigenvalue weighted by molar-refractivity contribution is 0.116. The van der Waals surface area contributed by atoms with Crippen LogP contribution in [0.5, 0.6) is 0 Å². The Hall–Kier alpha value is -0.570. The summed E-state index contributed by atoms with van der Waals surface area (Å²) >= 11 is 0. The third kappa shape index (κ3) is 2.94. The number of halogens is 1. The lowest BCUT2D eigenvalue weighted by atomic mass is 9.93. The van der Waals surface area contributed by atoms with Gasteiger partial charge >= 0.3 is 0 Å². The molecule has 0 saturated carbocycles. The number of hydrogen-bond acceptors (Lipinski definition) is 2. The molecule has 0 aromatic heterocycles. The lowest BCUT2D eigenvalue weighted by Crippen LogP contribution is -2.34. The summed E-state index contributed by atoms with van der Waals surface area (Å²) in [5.74, 6) is 0. The van der Waals surface area contributed by atoms with Gasteiger partial charge in [-0.2, -0.15) is 0 Å². The summed E-state index contributed by atoms with van der Waals surface area (Å²) in [6.45, 7) is 3.04. The van der Waals surface area contributed by atoms with Crippen LogP contribution in [0.25, 0.3) is 0 Å². The number of nitrogens with one attached hydrogen (secondary N) is 1. The lowest BCUT2D eigenvalue weighted by Gasteiger charge is -2.28. The van der Waals surface area contributed by atoms with Crippen molar-refractivity contribution >= 4 is 12.4 Å². The van der Waals surface area contributed by atoms with Crippen LogP contribution >= 0.6 is 12.4 Å². The highest BCUT2D eigenvalue weighted by molar-refractivity contribution is 5.85. The Morgan fingerprint density at radius 1 is 1.33 bits per heavy atom. The zero-order valence-electron chi connectivity index (χ0n) is 8.94. The van der Waals surface area contributed by atoms with Crippen molar-refractivity contribution in [3.63, 3.8) is 0 Å². The highest BCUT2D eigenvalue weighted by atomic mass is 35.5. The van der Waals surface area contributed by atoms with E-state index >= 15 is 0 Å². The zero-order valence-corrected chi connectivity index (χ0v) is 9.76. The second-order valence-electron chi connectivity index (χ2n) is 4.04. The fourth-order valence-corrected chi connectivity index (χ4v) is 2.11. The van der Waals surface area contributed by atoms with Crippen LogP contribution in [0, 0.1) is 6.92 Å². The molecular weight excluding hydrogens is 210 g/mol. The van der Waals surface area contributed by atoms with E-state index in [4.69, 9.17) is 0 Å². The molecule has 15 heavy (non-hydrogen) atoms. The summed E-state index contributed by atoms with van der Waals surface area (Å²) in [6.07, 6.45) is 1.58. The van der Waals surface area contributed by atoms with Gasteiger partial charge in [0.1, 0.15) is 0 Å². The van der Waals surface area contributed by atoms with Gasteiger partial charge in [0.05, 0.1) is 6.10 Å². The summed E-state index contributed by atoms with van der Waals surface area (Å²) in [6, 6.07) is 8.71. The Kier molecular flexibility index (Phi) is 4.58. The average molecular weight is 228 g/mol. The Balaban J connectivity index is 0.00000112. The van der Waals surface area contributed by atoms with Gasteiger partial charge in [0.25, 0.3) is 0 Å². The van der Waals surface area contributed by atoms with E-state index in [1.165, 1.54) is 11.1 Å². The molecule has 2 unspecified atom stereocenters. The summed E-state index contributed by atoms with van der Waals surface area (Å²) in [5, 5.41) is 13.0. The molecular formula is C12H18ClNO. The molecule has 1 heterocycles. The fourth-order valence-electron chi connectivity index (χ4n) is 2.11. The number of aliphatic hydroxyl groups is 1. The first-order valence-electron chi connectivity index (χ1n) is 5.24. The van der Waals surface area contributed by atoms with Gasteiger partial charge in [0, 0.05) is 6.04 Å². The maximum Gasteiger partial charge on any atom is 0.0570 e. The first kappa shape index (κ1) is 12.5. The number of aliphatic hydroxyl groups excluding tert-OH is 1. The molecule has 2 N–H and O–H groups in total. The summed E-state index contributed by atoms with van der Waals surface area (Å²) in [5.41, 5.74) is 2.63. The number of aryl methyl sites for hydroxylation is 1. The topological polar surface area (TPSA) is 32.3 Å². The number of rotatable bonds is 1. The van der Waals surface area contributed by atoms with Gasteiger partial charge in [0.15, 0.2) is 0 Å². The molecule has 1 aromatic carbocycles. The minimum atomic E-state index is -0.138. The minimum absolute atomic E-state index is 0. The average Bonchev–Trinajstić information content (AvgIpc) is 2.18. The van der Waals surface area contributed by atoms with Gasteiger partial charge in [-0.25, -0.2) is 0 Å². The molecule has 3 heteroatoms. The third-order valence-electron chi connectivity index (χ3n) is 2.94. The summed E-state index contributed by atoms with van der Waals surface area (Å²) < 4.78 is 0.